The SMILES string of the molecule is CCOc1ccccc1C(=O)NCC(=O)N(C)Cc1cc(Br)cs1. The molecular weight excluding hydrogens is 392 g/mol. The summed E-state index contributed by atoms with van der Waals surface area (Å²) in [5.41, 5.74) is 0.428. The van der Waals surface area contributed by atoms with Crippen molar-refractivity contribution < 1.29 is 14.3 Å². The van der Waals surface area contributed by atoms with Gasteiger partial charge < -0.3 is 15.0 Å². The first-order valence-electron chi connectivity index (χ1n) is 7.48. The first kappa shape index (κ1) is 18.5. The summed E-state index contributed by atoms with van der Waals surface area (Å²) >= 11 is 4.97. The Morgan fingerprint density at radius 1 is 1.33 bits per heavy atom. The Morgan fingerprint density at radius 3 is 2.75 bits per heavy atom. The Bertz CT molecular complexity index is 717. The van der Waals surface area contributed by atoms with Gasteiger partial charge in [0.25, 0.3) is 5.91 Å². The zero-order chi connectivity index (χ0) is 17.5. The molecule has 0 fully saturated rings. The van der Waals surface area contributed by atoms with E-state index in [0.29, 0.717) is 24.5 Å². The number of hydrogen-bond acceptors (Lipinski definition) is 4. The molecule has 0 saturated carbocycles. The number of ether oxygens (including phenoxy) is 1. The molecule has 1 aromatic heterocycles. The van der Waals surface area contributed by atoms with Crippen LogP contribution in [0.15, 0.2) is 40.2 Å². The van der Waals surface area contributed by atoms with Gasteiger partial charge in [-0.1, -0.05) is 12.1 Å². The Labute approximate surface area is 153 Å². The lowest BCUT2D eigenvalue weighted by Gasteiger charge is -2.17. The van der Waals surface area contributed by atoms with Crippen LogP contribution < -0.4 is 10.1 Å². The third-order valence-corrected chi connectivity index (χ3v) is 4.95. The van der Waals surface area contributed by atoms with Gasteiger partial charge in [0.2, 0.25) is 5.91 Å². The van der Waals surface area contributed by atoms with Gasteiger partial charge in [0, 0.05) is 21.8 Å². The number of likely N-dealkylation sites (N-methyl/N-ethyl adjacent to an activating group) is 1. The zero-order valence-electron chi connectivity index (χ0n) is 13.5. The van der Waals surface area contributed by atoms with Gasteiger partial charge in [-0.25, -0.2) is 0 Å². The number of halogens is 1. The van der Waals surface area contributed by atoms with Gasteiger partial charge in [0.1, 0.15) is 5.75 Å². The number of hydrogen-bond donors (Lipinski definition) is 1. The molecule has 0 aliphatic carbocycles. The summed E-state index contributed by atoms with van der Waals surface area (Å²) in [6.45, 7) is 2.79. The first-order chi connectivity index (χ1) is 11.5. The van der Waals surface area contributed by atoms with Gasteiger partial charge >= 0.3 is 0 Å². The molecule has 0 aliphatic rings. The van der Waals surface area contributed by atoms with Crippen molar-refractivity contribution in [2.45, 2.75) is 13.5 Å². The number of para-hydroxylation sites is 1. The van der Waals surface area contributed by atoms with E-state index in [4.69, 9.17) is 4.74 Å². The van der Waals surface area contributed by atoms with E-state index in [-0.39, 0.29) is 18.4 Å². The zero-order valence-corrected chi connectivity index (χ0v) is 15.9. The summed E-state index contributed by atoms with van der Waals surface area (Å²) in [5, 5.41) is 4.63. The summed E-state index contributed by atoms with van der Waals surface area (Å²) in [5.74, 6) is 0.0446. The Hall–Kier alpha value is -1.86. The molecule has 1 heterocycles. The van der Waals surface area contributed by atoms with Crippen molar-refractivity contribution in [2.75, 3.05) is 20.2 Å². The van der Waals surface area contributed by atoms with Gasteiger partial charge in [-0.2, -0.15) is 0 Å². The van der Waals surface area contributed by atoms with E-state index >= 15 is 0 Å². The molecule has 0 radical (unpaired) electrons. The van der Waals surface area contributed by atoms with E-state index in [9.17, 15) is 9.59 Å². The fourth-order valence-corrected chi connectivity index (χ4v) is 3.58. The van der Waals surface area contributed by atoms with Crippen molar-refractivity contribution in [1.82, 2.24) is 10.2 Å². The molecule has 0 bridgehead atoms. The lowest BCUT2D eigenvalue weighted by atomic mass is 10.2. The maximum Gasteiger partial charge on any atom is 0.255 e. The second-order valence-electron chi connectivity index (χ2n) is 5.09. The van der Waals surface area contributed by atoms with Crippen LogP contribution in [0.4, 0.5) is 0 Å². The first-order valence-corrected chi connectivity index (χ1v) is 9.15. The van der Waals surface area contributed by atoms with Crippen LogP contribution in [0, 0.1) is 0 Å². The summed E-state index contributed by atoms with van der Waals surface area (Å²) < 4.78 is 6.44. The molecule has 1 N–H and O–H groups in total. The van der Waals surface area contributed by atoms with E-state index in [1.807, 2.05) is 18.4 Å². The molecule has 1 aromatic carbocycles. The molecule has 2 amide bonds. The van der Waals surface area contributed by atoms with Crippen molar-refractivity contribution in [3.05, 3.63) is 50.6 Å². The average molecular weight is 411 g/mol. The number of amides is 2. The molecule has 0 unspecified atom stereocenters. The van der Waals surface area contributed by atoms with E-state index in [1.54, 1.807) is 47.5 Å². The van der Waals surface area contributed by atoms with Crippen LogP contribution >= 0.6 is 27.3 Å². The monoisotopic (exact) mass is 410 g/mol. The highest BCUT2D eigenvalue weighted by atomic mass is 79.9. The van der Waals surface area contributed by atoms with Crippen LogP contribution in [0.1, 0.15) is 22.2 Å². The lowest BCUT2D eigenvalue weighted by Crippen LogP contribution is -2.37. The Kier molecular flexibility index (Phi) is 6.81. The van der Waals surface area contributed by atoms with Crippen molar-refractivity contribution in [1.29, 1.82) is 0 Å². The van der Waals surface area contributed by atoms with E-state index < -0.39 is 0 Å². The van der Waals surface area contributed by atoms with E-state index in [0.717, 1.165) is 9.35 Å². The van der Waals surface area contributed by atoms with Crippen LogP contribution in [-0.2, 0) is 11.3 Å². The largest absolute Gasteiger partial charge is 0.493 e. The highest BCUT2D eigenvalue weighted by Crippen LogP contribution is 2.21. The van der Waals surface area contributed by atoms with Gasteiger partial charge in [0.15, 0.2) is 0 Å². The Balaban J connectivity index is 1.90. The quantitative estimate of drug-likeness (QED) is 0.761. The number of nitrogens with zero attached hydrogens (tertiary/aromatic N) is 1. The predicted octanol–water partition coefficient (Wildman–Crippen LogP) is 3.30. The van der Waals surface area contributed by atoms with Gasteiger partial charge in [-0.3, -0.25) is 9.59 Å². The van der Waals surface area contributed by atoms with Gasteiger partial charge in [-0.15, -0.1) is 11.3 Å². The van der Waals surface area contributed by atoms with Crippen LogP contribution in [-0.4, -0.2) is 36.9 Å². The van der Waals surface area contributed by atoms with Crippen LogP contribution in [0.3, 0.4) is 0 Å². The van der Waals surface area contributed by atoms with Gasteiger partial charge in [-0.05, 0) is 41.1 Å². The highest BCUT2D eigenvalue weighted by molar-refractivity contribution is 9.10. The third kappa shape index (κ3) is 5.07. The molecule has 0 aliphatic heterocycles. The summed E-state index contributed by atoms with van der Waals surface area (Å²) in [7, 11) is 1.72. The molecule has 0 spiro atoms. The molecule has 24 heavy (non-hydrogen) atoms. The molecule has 2 aromatic rings. The molecule has 5 nitrogen and oxygen atoms in total. The fourth-order valence-electron chi connectivity index (χ4n) is 2.08. The molecule has 2 rings (SSSR count). The van der Waals surface area contributed by atoms with Crippen molar-refractivity contribution in [3.63, 3.8) is 0 Å². The number of thiophene rings is 1. The summed E-state index contributed by atoms with van der Waals surface area (Å²) in [4.78, 5) is 27.1. The lowest BCUT2D eigenvalue weighted by molar-refractivity contribution is -0.129. The number of rotatable bonds is 7. The van der Waals surface area contributed by atoms with E-state index in [1.165, 1.54) is 0 Å². The summed E-state index contributed by atoms with van der Waals surface area (Å²) in [6, 6.07) is 8.96. The maximum atomic E-state index is 12.3. The smallest absolute Gasteiger partial charge is 0.255 e. The molecular formula is C17H19BrN2O3S. The van der Waals surface area contributed by atoms with Crippen molar-refractivity contribution >= 4 is 39.1 Å². The average Bonchev–Trinajstić information content (AvgIpc) is 2.98. The summed E-state index contributed by atoms with van der Waals surface area (Å²) in [6.07, 6.45) is 0. The topological polar surface area (TPSA) is 58.6 Å². The molecule has 128 valence electrons. The second-order valence-corrected chi connectivity index (χ2v) is 7.00. The number of benzene rings is 1. The minimum atomic E-state index is -0.320. The van der Waals surface area contributed by atoms with Crippen LogP contribution in [0.25, 0.3) is 0 Å². The predicted molar refractivity (Wildman–Crippen MR) is 98.4 cm³/mol. The number of nitrogens with one attached hydrogen (secondary N) is 1. The molecule has 7 heteroatoms. The van der Waals surface area contributed by atoms with Crippen LogP contribution in [0.2, 0.25) is 0 Å². The number of carbonyl (C=O) groups is 2. The molecule has 0 saturated heterocycles. The van der Waals surface area contributed by atoms with Crippen molar-refractivity contribution in [3.8, 4) is 5.75 Å². The van der Waals surface area contributed by atoms with Crippen molar-refractivity contribution in [2.24, 2.45) is 0 Å². The molecule has 0 atom stereocenters. The minimum Gasteiger partial charge on any atom is -0.493 e. The van der Waals surface area contributed by atoms with Gasteiger partial charge in [0.05, 0.1) is 25.3 Å². The Morgan fingerprint density at radius 2 is 2.08 bits per heavy atom. The van der Waals surface area contributed by atoms with Crippen LogP contribution in [0.5, 0.6) is 5.75 Å². The van der Waals surface area contributed by atoms with E-state index in [2.05, 4.69) is 21.2 Å². The normalized spacial score (nSPS) is 10.3. The second kappa shape index (κ2) is 8.84. The minimum absolute atomic E-state index is 0.0532. The number of carbonyl (C=O) groups excluding carboxylic acids is 2. The third-order valence-electron chi connectivity index (χ3n) is 3.27. The highest BCUT2D eigenvalue weighted by Gasteiger charge is 2.15. The fraction of sp³-hybridized carbons (Fsp3) is 0.294. The maximum absolute atomic E-state index is 12.3. The standard InChI is InChI=1S/C17H19BrN2O3S/c1-3-23-15-7-5-4-6-14(15)17(22)19-9-16(21)20(2)10-13-8-12(18)11-24-13/h4-8,11H,3,9-10H2,1-2H3,(H,19,22).